The van der Waals surface area contributed by atoms with Gasteiger partial charge in [0, 0.05) is 24.4 Å². The third-order valence-corrected chi connectivity index (χ3v) is 3.09. The molecule has 2 rings (SSSR count). The second-order valence-corrected chi connectivity index (χ2v) is 4.71. The Bertz CT molecular complexity index is 466. The highest BCUT2D eigenvalue weighted by molar-refractivity contribution is 5.95. The molecule has 102 valence electrons. The van der Waals surface area contributed by atoms with Crippen LogP contribution in [0.25, 0.3) is 0 Å². The van der Waals surface area contributed by atoms with E-state index in [-0.39, 0.29) is 17.7 Å². The van der Waals surface area contributed by atoms with Crippen molar-refractivity contribution in [1.29, 1.82) is 0 Å². The van der Waals surface area contributed by atoms with Crippen molar-refractivity contribution in [3.63, 3.8) is 0 Å². The zero-order valence-corrected chi connectivity index (χ0v) is 11.1. The number of nitrogens with one attached hydrogen (secondary N) is 2. The molecule has 5 nitrogen and oxygen atoms in total. The van der Waals surface area contributed by atoms with Gasteiger partial charge in [-0.15, -0.1) is 0 Å². The van der Waals surface area contributed by atoms with Crippen LogP contribution in [-0.2, 0) is 14.3 Å². The van der Waals surface area contributed by atoms with Crippen LogP contribution in [0.5, 0.6) is 0 Å². The Hall–Kier alpha value is -1.88. The Morgan fingerprint density at radius 3 is 2.16 bits per heavy atom. The van der Waals surface area contributed by atoms with Crippen LogP contribution in [0.3, 0.4) is 0 Å². The van der Waals surface area contributed by atoms with Crippen LogP contribution in [0.2, 0.25) is 0 Å². The molecule has 0 spiro atoms. The van der Waals surface area contributed by atoms with Gasteiger partial charge in [0.15, 0.2) is 0 Å². The lowest BCUT2D eigenvalue weighted by atomic mass is 10.2. The van der Waals surface area contributed by atoms with Crippen LogP contribution < -0.4 is 10.6 Å². The number of benzene rings is 1. The number of carbonyl (C=O) groups excluding carboxylic acids is 2. The van der Waals surface area contributed by atoms with E-state index >= 15 is 0 Å². The number of hydrogen-bond donors (Lipinski definition) is 2. The Morgan fingerprint density at radius 1 is 1.16 bits per heavy atom. The first-order valence-corrected chi connectivity index (χ1v) is 6.34. The van der Waals surface area contributed by atoms with Crippen LogP contribution in [0.4, 0.5) is 11.4 Å². The smallest absolute Gasteiger partial charge is 0.253 e. The van der Waals surface area contributed by atoms with Gasteiger partial charge in [0.1, 0.15) is 6.10 Å². The largest absolute Gasteiger partial charge is 0.372 e. The molecule has 1 saturated carbocycles. The number of rotatable bonds is 5. The summed E-state index contributed by atoms with van der Waals surface area (Å²) in [5.41, 5.74) is 1.42. The van der Waals surface area contributed by atoms with Crippen molar-refractivity contribution in [3.8, 4) is 0 Å². The van der Waals surface area contributed by atoms with Crippen molar-refractivity contribution >= 4 is 23.2 Å². The maximum Gasteiger partial charge on any atom is 0.253 e. The summed E-state index contributed by atoms with van der Waals surface area (Å²) in [5.74, 6) is 0.0592. The van der Waals surface area contributed by atoms with Crippen LogP contribution in [0, 0.1) is 5.92 Å². The van der Waals surface area contributed by atoms with Crippen LogP contribution in [-0.4, -0.2) is 25.0 Å². The molecule has 1 fully saturated rings. The maximum absolute atomic E-state index is 11.6. The van der Waals surface area contributed by atoms with Crippen molar-refractivity contribution in [2.24, 2.45) is 5.92 Å². The van der Waals surface area contributed by atoms with Gasteiger partial charge in [0.25, 0.3) is 5.91 Å². The molecule has 19 heavy (non-hydrogen) atoms. The van der Waals surface area contributed by atoms with Crippen LogP contribution >= 0.6 is 0 Å². The molecule has 0 aliphatic heterocycles. The second-order valence-electron chi connectivity index (χ2n) is 4.71. The fourth-order valence-corrected chi connectivity index (χ4v) is 1.58. The van der Waals surface area contributed by atoms with E-state index in [4.69, 9.17) is 4.74 Å². The molecule has 5 heteroatoms. The fourth-order valence-electron chi connectivity index (χ4n) is 1.58. The van der Waals surface area contributed by atoms with Gasteiger partial charge < -0.3 is 15.4 Å². The van der Waals surface area contributed by atoms with Gasteiger partial charge >= 0.3 is 0 Å². The minimum atomic E-state index is -0.491. The molecule has 1 atom stereocenters. The van der Waals surface area contributed by atoms with Gasteiger partial charge in [0.05, 0.1) is 0 Å². The molecular weight excluding hydrogens is 244 g/mol. The second kappa shape index (κ2) is 5.84. The Kier molecular flexibility index (Phi) is 4.16. The number of methoxy groups -OCH3 is 1. The lowest BCUT2D eigenvalue weighted by Crippen LogP contribution is -2.26. The molecule has 0 radical (unpaired) electrons. The van der Waals surface area contributed by atoms with E-state index in [9.17, 15) is 9.59 Å². The fraction of sp³-hybridized carbons (Fsp3) is 0.429. The van der Waals surface area contributed by atoms with E-state index in [1.54, 1.807) is 31.2 Å². The minimum Gasteiger partial charge on any atom is -0.372 e. The van der Waals surface area contributed by atoms with Gasteiger partial charge in [-0.25, -0.2) is 0 Å². The quantitative estimate of drug-likeness (QED) is 0.853. The van der Waals surface area contributed by atoms with E-state index < -0.39 is 6.10 Å². The Labute approximate surface area is 112 Å². The molecule has 1 unspecified atom stereocenters. The average Bonchev–Trinajstić information content (AvgIpc) is 3.24. The lowest BCUT2D eigenvalue weighted by molar-refractivity contribution is -0.124. The van der Waals surface area contributed by atoms with E-state index in [1.807, 2.05) is 0 Å². The topological polar surface area (TPSA) is 67.4 Å². The minimum absolute atomic E-state index is 0.0739. The molecular formula is C14H18N2O3. The number of hydrogen-bond acceptors (Lipinski definition) is 3. The van der Waals surface area contributed by atoms with Gasteiger partial charge in [-0.05, 0) is 44.0 Å². The molecule has 0 bridgehead atoms. The summed E-state index contributed by atoms with van der Waals surface area (Å²) in [6, 6.07) is 7.05. The van der Waals surface area contributed by atoms with Crippen molar-refractivity contribution in [1.82, 2.24) is 0 Å². The molecule has 0 heterocycles. The third kappa shape index (κ3) is 3.79. The van der Waals surface area contributed by atoms with Crippen molar-refractivity contribution in [3.05, 3.63) is 24.3 Å². The zero-order chi connectivity index (χ0) is 13.8. The number of ether oxygens (including phenoxy) is 1. The molecule has 0 aromatic heterocycles. The van der Waals surface area contributed by atoms with E-state index in [1.165, 1.54) is 7.11 Å². The number of carbonyl (C=O) groups is 2. The Balaban J connectivity index is 1.90. The zero-order valence-electron chi connectivity index (χ0n) is 11.1. The average molecular weight is 262 g/mol. The Morgan fingerprint density at radius 2 is 1.68 bits per heavy atom. The first-order chi connectivity index (χ1) is 9.10. The molecule has 1 aliphatic rings. The number of amides is 2. The molecule has 2 amide bonds. The lowest BCUT2D eigenvalue weighted by Gasteiger charge is -2.11. The summed E-state index contributed by atoms with van der Waals surface area (Å²) in [5, 5.41) is 5.57. The van der Waals surface area contributed by atoms with Gasteiger partial charge in [-0.3, -0.25) is 9.59 Å². The summed E-state index contributed by atoms with van der Waals surface area (Å²) in [7, 11) is 1.49. The van der Waals surface area contributed by atoms with Crippen LogP contribution in [0.1, 0.15) is 19.8 Å². The molecule has 1 aromatic rings. The SMILES string of the molecule is COC(C)C(=O)Nc1ccc(NC(=O)C2CC2)cc1. The normalized spacial score (nSPS) is 15.7. The van der Waals surface area contributed by atoms with E-state index in [0.29, 0.717) is 5.69 Å². The summed E-state index contributed by atoms with van der Waals surface area (Å²) in [6.07, 6.45) is 1.47. The summed E-state index contributed by atoms with van der Waals surface area (Å²) in [4.78, 5) is 23.2. The predicted molar refractivity (Wildman–Crippen MR) is 72.9 cm³/mol. The highest BCUT2D eigenvalue weighted by Gasteiger charge is 2.29. The van der Waals surface area contributed by atoms with E-state index in [2.05, 4.69) is 10.6 Å². The molecule has 1 aliphatic carbocycles. The summed E-state index contributed by atoms with van der Waals surface area (Å²) < 4.78 is 4.92. The highest BCUT2D eigenvalue weighted by atomic mass is 16.5. The summed E-state index contributed by atoms with van der Waals surface area (Å²) >= 11 is 0. The third-order valence-electron chi connectivity index (χ3n) is 3.09. The predicted octanol–water partition coefficient (Wildman–Crippen LogP) is 2.01. The van der Waals surface area contributed by atoms with Crippen molar-refractivity contribution in [2.45, 2.75) is 25.9 Å². The van der Waals surface area contributed by atoms with Gasteiger partial charge in [-0.2, -0.15) is 0 Å². The van der Waals surface area contributed by atoms with Crippen molar-refractivity contribution < 1.29 is 14.3 Å². The first-order valence-electron chi connectivity index (χ1n) is 6.34. The molecule has 2 N–H and O–H groups in total. The highest BCUT2D eigenvalue weighted by Crippen LogP contribution is 2.30. The van der Waals surface area contributed by atoms with Crippen molar-refractivity contribution in [2.75, 3.05) is 17.7 Å². The van der Waals surface area contributed by atoms with E-state index in [0.717, 1.165) is 18.5 Å². The van der Waals surface area contributed by atoms with Gasteiger partial charge in [0.2, 0.25) is 5.91 Å². The first kappa shape index (κ1) is 13.5. The maximum atomic E-state index is 11.6. The standard InChI is InChI=1S/C14H18N2O3/c1-9(19-2)13(17)15-11-5-7-12(8-6-11)16-14(18)10-3-4-10/h5-10H,3-4H2,1-2H3,(H,15,17)(H,16,18). The molecule has 0 saturated heterocycles. The summed E-state index contributed by atoms with van der Waals surface area (Å²) in [6.45, 7) is 1.68. The number of anilines is 2. The van der Waals surface area contributed by atoms with Crippen LogP contribution in [0.15, 0.2) is 24.3 Å². The monoisotopic (exact) mass is 262 g/mol. The molecule has 1 aromatic carbocycles. The van der Waals surface area contributed by atoms with Gasteiger partial charge in [-0.1, -0.05) is 0 Å².